The standard InChI is InChI=1S/C25H28Cl2N2O9.Na/c1-13(30)29-20-18(31)10-25(24(35)36,37-12-14-5-3-2-4-6-14)38-22(20)21(33)19(32)11-28-23(34)16-8-7-15(26)9-17(16)27;/h2-9,18-22,31-33H,10-12H2,1H3,(H,28,34)(H,29,30)(H,35,36);/q;+1/p-1/t18-,19+,20+,21-,22+,25+;/m0./s1. The molecule has 11 nitrogen and oxygen atoms in total. The first-order chi connectivity index (χ1) is 17.9. The zero-order chi connectivity index (χ0) is 28.0. The number of benzene rings is 2. The number of carboxylic acid groups (broad SMARTS) is 1. The summed E-state index contributed by atoms with van der Waals surface area (Å²) < 4.78 is 11.2. The minimum Gasteiger partial charge on any atom is -0.544 e. The number of carboxylic acids is 1. The topological polar surface area (TPSA) is 177 Å². The Balaban J connectivity index is 0.00000533. The monoisotopic (exact) mass is 592 g/mol. The number of ether oxygens (including phenoxy) is 2. The van der Waals surface area contributed by atoms with E-state index >= 15 is 0 Å². The number of hydrogen-bond donors (Lipinski definition) is 5. The molecule has 6 atom stereocenters. The fourth-order valence-electron chi connectivity index (χ4n) is 4.02. The van der Waals surface area contributed by atoms with Gasteiger partial charge in [0.25, 0.3) is 5.91 Å². The molecule has 206 valence electrons. The molecule has 0 spiro atoms. The van der Waals surface area contributed by atoms with E-state index in [1.165, 1.54) is 18.2 Å². The predicted molar refractivity (Wildman–Crippen MR) is 133 cm³/mol. The van der Waals surface area contributed by atoms with Gasteiger partial charge in [0.2, 0.25) is 11.7 Å². The van der Waals surface area contributed by atoms with Gasteiger partial charge in [0.05, 0.1) is 35.4 Å². The van der Waals surface area contributed by atoms with Gasteiger partial charge < -0.3 is 45.3 Å². The van der Waals surface area contributed by atoms with Crippen LogP contribution in [0.5, 0.6) is 0 Å². The Kier molecular flexibility index (Phi) is 12.6. The predicted octanol–water partition coefficient (Wildman–Crippen LogP) is -3.23. The second-order valence-electron chi connectivity index (χ2n) is 8.79. The molecule has 1 fully saturated rings. The number of nitrogens with one attached hydrogen (secondary N) is 2. The van der Waals surface area contributed by atoms with Crippen molar-refractivity contribution in [3.05, 3.63) is 69.7 Å². The van der Waals surface area contributed by atoms with Gasteiger partial charge in [-0.1, -0.05) is 53.5 Å². The molecular formula is C25H27Cl2N2NaO9. The third-order valence-corrected chi connectivity index (χ3v) is 6.49. The molecule has 5 N–H and O–H groups in total. The van der Waals surface area contributed by atoms with Crippen LogP contribution in [0.3, 0.4) is 0 Å². The fraction of sp³-hybridized carbons (Fsp3) is 0.400. The van der Waals surface area contributed by atoms with Gasteiger partial charge in [0.15, 0.2) is 0 Å². The van der Waals surface area contributed by atoms with E-state index in [0.29, 0.717) is 10.6 Å². The van der Waals surface area contributed by atoms with Crippen LogP contribution >= 0.6 is 23.2 Å². The molecule has 2 aromatic carbocycles. The van der Waals surface area contributed by atoms with Crippen LogP contribution in [0.4, 0.5) is 0 Å². The van der Waals surface area contributed by atoms with Crippen LogP contribution in [-0.2, 0) is 25.7 Å². The summed E-state index contributed by atoms with van der Waals surface area (Å²) in [5, 5.41) is 49.6. The molecular weight excluding hydrogens is 566 g/mol. The van der Waals surface area contributed by atoms with Crippen molar-refractivity contribution in [1.29, 1.82) is 0 Å². The van der Waals surface area contributed by atoms with Gasteiger partial charge >= 0.3 is 29.6 Å². The Labute approximate surface area is 256 Å². The fourth-order valence-corrected chi connectivity index (χ4v) is 4.52. The molecule has 39 heavy (non-hydrogen) atoms. The largest absolute Gasteiger partial charge is 1.00 e. The van der Waals surface area contributed by atoms with E-state index in [0.717, 1.165) is 6.92 Å². The number of aliphatic hydroxyl groups is 3. The van der Waals surface area contributed by atoms with Crippen molar-refractivity contribution in [3.63, 3.8) is 0 Å². The van der Waals surface area contributed by atoms with Crippen molar-refractivity contribution in [2.45, 2.75) is 56.2 Å². The van der Waals surface area contributed by atoms with Crippen molar-refractivity contribution in [1.82, 2.24) is 10.6 Å². The molecule has 0 unspecified atom stereocenters. The number of aliphatic carboxylic acids is 1. The van der Waals surface area contributed by atoms with Crippen LogP contribution in [0.15, 0.2) is 48.5 Å². The molecule has 0 aromatic heterocycles. The molecule has 1 heterocycles. The Bertz CT molecular complexity index is 1160. The summed E-state index contributed by atoms with van der Waals surface area (Å²) in [4.78, 5) is 36.4. The van der Waals surface area contributed by atoms with E-state index in [1.807, 2.05) is 0 Å². The average Bonchev–Trinajstić information content (AvgIpc) is 2.87. The van der Waals surface area contributed by atoms with E-state index in [4.69, 9.17) is 32.7 Å². The van der Waals surface area contributed by atoms with E-state index in [-0.39, 0.29) is 46.8 Å². The molecule has 0 aliphatic carbocycles. The second kappa shape index (κ2) is 14.7. The first kappa shape index (κ1) is 33.4. The van der Waals surface area contributed by atoms with Gasteiger partial charge in [-0.25, -0.2) is 0 Å². The maximum atomic E-state index is 12.5. The van der Waals surface area contributed by atoms with E-state index < -0.39 is 67.0 Å². The maximum absolute atomic E-state index is 12.5. The molecule has 1 saturated heterocycles. The SMILES string of the molecule is CC(=O)N[C@H]1[C@H]([C@@H](O)[C@H](O)CNC(=O)c2ccc(Cl)cc2Cl)O[C@@](OCc2ccccc2)(C(=O)[O-])C[C@@H]1O.[Na+]. The van der Waals surface area contributed by atoms with Crippen LogP contribution in [0, 0.1) is 0 Å². The molecule has 2 amide bonds. The van der Waals surface area contributed by atoms with Crippen molar-refractivity contribution >= 4 is 41.0 Å². The van der Waals surface area contributed by atoms with Crippen molar-refractivity contribution in [2.75, 3.05) is 6.54 Å². The summed E-state index contributed by atoms with van der Waals surface area (Å²) in [5.74, 6) is -5.64. The quantitative estimate of drug-likeness (QED) is 0.177. The zero-order valence-electron chi connectivity index (χ0n) is 21.2. The molecule has 1 aliphatic heterocycles. The third-order valence-electron chi connectivity index (χ3n) is 5.95. The average molecular weight is 593 g/mol. The van der Waals surface area contributed by atoms with E-state index in [1.54, 1.807) is 30.3 Å². The van der Waals surface area contributed by atoms with Crippen molar-refractivity contribution in [2.24, 2.45) is 0 Å². The van der Waals surface area contributed by atoms with Crippen molar-refractivity contribution in [3.8, 4) is 0 Å². The number of rotatable bonds is 10. The van der Waals surface area contributed by atoms with Crippen LogP contribution < -0.4 is 45.3 Å². The maximum Gasteiger partial charge on any atom is 1.00 e. The van der Waals surface area contributed by atoms with Gasteiger partial charge in [-0.05, 0) is 23.8 Å². The third kappa shape index (κ3) is 8.61. The summed E-state index contributed by atoms with van der Waals surface area (Å²) in [6, 6.07) is 11.4. The van der Waals surface area contributed by atoms with Crippen molar-refractivity contribution < 1.29 is 73.8 Å². The normalized spacial score (nSPS) is 24.1. The van der Waals surface area contributed by atoms with E-state index in [9.17, 15) is 34.8 Å². The summed E-state index contributed by atoms with van der Waals surface area (Å²) in [7, 11) is 0. The number of carbonyl (C=O) groups is 3. The minimum absolute atomic E-state index is 0. The molecule has 1 aliphatic rings. The zero-order valence-corrected chi connectivity index (χ0v) is 24.7. The molecule has 0 radical (unpaired) electrons. The molecule has 3 rings (SSSR count). The second-order valence-corrected chi connectivity index (χ2v) is 9.63. The van der Waals surface area contributed by atoms with Gasteiger partial charge in [0.1, 0.15) is 18.2 Å². The van der Waals surface area contributed by atoms with Crippen LogP contribution in [0.25, 0.3) is 0 Å². The Morgan fingerprint density at radius 2 is 1.85 bits per heavy atom. The first-order valence-electron chi connectivity index (χ1n) is 11.5. The smallest absolute Gasteiger partial charge is 0.544 e. The summed E-state index contributed by atoms with van der Waals surface area (Å²) in [5.41, 5.74) is 0.652. The molecule has 14 heteroatoms. The van der Waals surface area contributed by atoms with E-state index in [2.05, 4.69) is 10.6 Å². The van der Waals surface area contributed by atoms with Gasteiger partial charge in [-0.15, -0.1) is 0 Å². The van der Waals surface area contributed by atoms with Crippen LogP contribution in [-0.4, -0.2) is 75.9 Å². The minimum atomic E-state index is -2.52. The molecule has 2 aromatic rings. The Morgan fingerprint density at radius 1 is 1.18 bits per heavy atom. The van der Waals surface area contributed by atoms with Gasteiger partial charge in [-0.3, -0.25) is 9.59 Å². The van der Waals surface area contributed by atoms with Crippen LogP contribution in [0.2, 0.25) is 10.0 Å². The van der Waals surface area contributed by atoms with Gasteiger partial charge in [0, 0.05) is 24.9 Å². The molecule has 0 bridgehead atoms. The number of halogens is 2. The number of aliphatic hydroxyl groups excluding tert-OH is 3. The number of carbonyl (C=O) groups excluding carboxylic acids is 3. The summed E-state index contributed by atoms with van der Waals surface area (Å²) in [6.45, 7) is 0.385. The Hall–Kier alpha value is -1.77. The van der Waals surface area contributed by atoms with Gasteiger partial charge in [-0.2, -0.15) is 0 Å². The number of amides is 2. The first-order valence-corrected chi connectivity index (χ1v) is 12.3. The molecule has 0 saturated carbocycles. The summed E-state index contributed by atoms with van der Waals surface area (Å²) in [6.07, 6.45) is -7.52. The summed E-state index contributed by atoms with van der Waals surface area (Å²) >= 11 is 11.9. The number of hydrogen-bond acceptors (Lipinski definition) is 9. The van der Waals surface area contributed by atoms with Crippen LogP contribution in [0.1, 0.15) is 29.3 Å². The Morgan fingerprint density at radius 3 is 2.44 bits per heavy atom.